The van der Waals surface area contributed by atoms with E-state index in [4.69, 9.17) is 4.74 Å². The van der Waals surface area contributed by atoms with Gasteiger partial charge in [0, 0.05) is 0 Å². The lowest BCUT2D eigenvalue weighted by Gasteiger charge is -2.41. The number of hydrogen-bond donors (Lipinski definition) is 1. The van der Waals surface area contributed by atoms with E-state index >= 15 is 0 Å². The van der Waals surface area contributed by atoms with Gasteiger partial charge < -0.3 is 9.84 Å². The van der Waals surface area contributed by atoms with E-state index in [1.807, 2.05) is 12.2 Å². The normalized spacial score (nSPS) is 43.7. The van der Waals surface area contributed by atoms with Gasteiger partial charge >= 0.3 is 11.9 Å². The average Bonchev–Trinajstić information content (AvgIpc) is 3.07. The zero-order valence-electron chi connectivity index (χ0n) is 10.6. The maximum Gasteiger partial charge on any atom is 0.310 e. The Morgan fingerprint density at radius 2 is 1.72 bits per heavy atom. The molecule has 0 radical (unpaired) electrons. The summed E-state index contributed by atoms with van der Waals surface area (Å²) in [5.41, 5.74) is 0. The molecule has 2 saturated carbocycles. The smallest absolute Gasteiger partial charge is 0.310 e. The van der Waals surface area contributed by atoms with Crippen molar-refractivity contribution in [2.75, 3.05) is 0 Å². The summed E-state index contributed by atoms with van der Waals surface area (Å²) in [7, 11) is 0. The Hall–Kier alpha value is -1.32. The number of aliphatic carboxylic acids is 1. The molecule has 0 unspecified atom stereocenters. The van der Waals surface area contributed by atoms with E-state index in [2.05, 4.69) is 0 Å². The molecule has 4 nitrogen and oxygen atoms in total. The first-order valence-corrected chi connectivity index (χ1v) is 6.62. The van der Waals surface area contributed by atoms with Gasteiger partial charge in [-0.05, 0) is 43.9 Å². The summed E-state index contributed by atoms with van der Waals surface area (Å²) >= 11 is 0. The van der Waals surface area contributed by atoms with E-state index in [9.17, 15) is 14.7 Å². The van der Waals surface area contributed by atoms with Crippen LogP contribution in [-0.4, -0.2) is 23.1 Å². The molecule has 4 aliphatic rings. The van der Waals surface area contributed by atoms with Crippen molar-refractivity contribution in [2.24, 2.45) is 35.5 Å². The molecule has 4 heteroatoms. The van der Waals surface area contributed by atoms with Crippen molar-refractivity contribution in [3.05, 3.63) is 12.2 Å². The van der Waals surface area contributed by atoms with Crippen LogP contribution in [0.4, 0.5) is 0 Å². The molecule has 0 heterocycles. The molecule has 0 saturated heterocycles. The van der Waals surface area contributed by atoms with E-state index in [-0.39, 0.29) is 23.9 Å². The minimum Gasteiger partial charge on any atom is -0.481 e. The lowest BCUT2D eigenvalue weighted by molar-refractivity contribution is -0.167. The van der Waals surface area contributed by atoms with E-state index in [0.29, 0.717) is 11.8 Å². The molecule has 0 aromatic carbocycles. The van der Waals surface area contributed by atoms with Gasteiger partial charge in [-0.1, -0.05) is 12.2 Å². The van der Waals surface area contributed by atoms with E-state index < -0.39 is 17.8 Å². The van der Waals surface area contributed by atoms with E-state index in [1.165, 1.54) is 0 Å². The fraction of sp³-hybridized carbons (Fsp3) is 0.714. The number of allylic oxidation sites excluding steroid dienone is 2. The average molecular weight is 250 g/mol. The second-order valence-electron chi connectivity index (χ2n) is 5.98. The predicted octanol–water partition coefficient (Wildman–Crippen LogP) is 1.71. The fourth-order valence-corrected chi connectivity index (χ4v) is 3.85. The molecule has 0 aromatic heterocycles. The van der Waals surface area contributed by atoms with Gasteiger partial charge in [0.2, 0.25) is 0 Å². The minimum absolute atomic E-state index is 0.0298. The Kier molecular flexibility index (Phi) is 2.50. The third-order valence-corrected chi connectivity index (χ3v) is 4.56. The van der Waals surface area contributed by atoms with Crippen LogP contribution in [0.2, 0.25) is 0 Å². The molecule has 6 atom stereocenters. The third kappa shape index (κ3) is 1.58. The van der Waals surface area contributed by atoms with Crippen molar-refractivity contribution in [3.63, 3.8) is 0 Å². The molecule has 0 aromatic rings. The summed E-state index contributed by atoms with van der Waals surface area (Å²) in [5, 5.41) is 9.41. The molecule has 4 aliphatic carbocycles. The van der Waals surface area contributed by atoms with Gasteiger partial charge in [-0.25, -0.2) is 0 Å². The number of fused-ring (bicyclic) bond motifs is 1. The summed E-state index contributed by atoms with van der Waals surface area (Å²) in [6, 6.07) is 0. The van der Waals surface area contributed by atoms with Gasteiger partial charge in [0.25, 0.3) is 0 Å². The second-order valence-corrected chi connectivity index (χ2v) is 5.98. The molecule has 18 heavy (non-hydrogen) atoms. The first kappa shape index (κ1) is 11.8. The molecular formula is C14H18O4. The zero-order chi connectivity index (χ0) is 13.0. The van der Waals surface area contributed by atoms with Crippen LogP contribution in [0.25, 0.3) is 0 Å². The second kappa shape index (κ2) is 3.84. The first-order chi connectivity index (χ1) is 8.50. The van der Waals surface area contributed by atoms with E-state index in [1.54, 1.807) is 13.8 Å². The Morgan fingerprint density at radius 3 is 2.22 bits per heavy atom. The van der Waals surface area contributed by atoms with Gasteiger partial charge in [0.05, 0.1) is 17.9 Å². The Bertz CT molecular complexity index is 426. The van der Waals surface area contributed by atoms with Crippen LogP contribution in [-0.2, 0) is 14.3 Å². The minimum atomic E-state index is -0.856. The largest absolute Gasteiger partial charge is 0.481 e. The molecule has 2 fully saturated rings. The molecule has 98 valence electrons. The lowest BCUT2D eigenvalue weighted by atomic mass is 9.62. The molecular weight excluding hydrogens is 232 g/mol. The quantitative estimate of drug-likeness (QED) is 0.611. The van der Waals surface area contributed by atoms with Crippen molar-refractivity contribution in [1.29, 1.82) is 0 Å². The van der Waals surface area contributed by atoms with Crippen LogP contribution in [0.15, 0.2) is 12.2 Å². The summed E-state index contributed by atoms with van der Waals surface area (Å²) in [6.45, 7) is 3.59. The van der Waals surface area contributed by atoms with Crippen LogP contribution < -0.4 is 0 Å². The molecule has 1 N–H and O–H groups in total. The molecule has 0 aliphatic heterocycles. The van der Waals surface area contributed by atoms with Crippen molar-refractivity contribution in [3.8, 4) is 0 Å². The van der Waals surface area contributed by atoms with E-state index in [0.717, 1.165) is 6.42 Å². The Morgan fingerprint density at radius 1 is 1.17 bits per heavy atom. The maximum atomic E-state index is 12.2. The van der Waals surface area contributed by atoms with Crippen LogP contribution >= 0.6 is 0 Å². The van der Waals surface area contributed by atoms with Gasteiger partial charge in [-0.15, -0.1) is 0 Å². The summed E-state index contributed by atoms with van der Waals surface area (Å²) in [4.78, 5) is 23.6. The number of carbonyl (C=O) groups is 2. The maximum absolute atomic E-state index is 12.2. The summed E-state index contributed by atoms with van der Waals surface area (Å²) in [6.07, 6.45) is 4.94. The number of hydrogen-bond acceptors (Lipinski definition) is 3. The standard InChI is InChI=1S/C14H18O4/c1-6(2)18-14(17)12-8-4-3-7(9-5-10(8)9)11(12)13(15)16/h3-4,6-12H,5H2,1-2H3,(H,15,16)/t7-,8+,9-,10-,11-,12-/m0/s1. The molecule has 0 amide bonds. The number of esters is 1. The Labute approximate surface area is 106 Å². The monoisotopic (exact) mass is 250 g/mol. The van der Waals surface area contributed by atoms with Crippen molar-refractivity contribution < 1.29 is 19.4 Å². The van der Waals surface area contributed by atoms with Crippen LogP contribution in [0.3, 0.4) is 0 Å². The van der Waals surface area contributed by atoms with Gasteiger partial charge in [-0.2, -0.15) is 0 Å². The highest BCUT2D eigenvalue weighted by atomic mass is 16.5. The van der Waals surface area contributed by atoms with Gasteiger partial charge in [0.15, 0.2) is 0 Å². The number of carbonyl (C=O) groups excluding carboxylic acids is 1. The fourth-order valence-electron chi connectivity index (χ4n) is 3.85. The van der Waals surface area contributed by atoms with Gasteiger partial charge in [0.1, 0.15) is 0 Å². The zero-order valence-corrected chi connectivity index (χ0v) is 10.6. The summed E-state index contributed by atoms with van der Waals surface area (Å²) in [5.74, 6) is -1.15. The lowest BCUT2D eigenvalue weighted by Crippen LogP contribution is -2.47. The number of carboxylic acids is 1. The molecule has 0 spiro atoms. The number of carboxylic acid groups (broad SMARTS) is 1. The summed E-state index contributed by atoms with van der Waals surface area (Å²) < 4.78 is 5.25. The number of ether oxygens (including phenoxy) is 1. The molecule has 4 rings (SSSR count). The van der Waals surface area contributed by atoms with Crippen molar-refractivity contribution in [1.82, 2.24) is 0 Å². The highest BCUT2D eigenvalue weighted by molar-refractivity contribution is 5.83. The molecule has 2 bridgehead atoms. The predicted molar refractivity (Wildman–Crippen MR) is 63.6 cm³/mol. The van der Waals surface area contributed by atoms with Crippen LogP contribution in [0.1, 0.15) is 20.3 Å². The topological polar surface area (TPSA) is 63.6 Å². The highest BCUT2D eigenvalue weighted by Gasteiger charge is 2.63. The van der Waals surface area contributed by atoms with Crippen LogP contribution in [0, 0.1) is 35.5 Å². The highest BCUT2D eigenvalue weighted by Crippen LogP contribution is 2.63. The van der Waals surface area contributed by atoms with Crippen LogP contribution in [0.5, 0.6) is 0 Å². The van der Waals surface area contributed by atoms with Gasteiger partial charge in [-0.3, -0.25) is 9.59 Å². The Balaban J connectivity index is 1.89. The van der Waals surface area contributed by atoms with Crippen molar-refractivity contribution >= 4 is 11.9 Å². The number of rotatable bonds is 3. The SMILES string of the molecule is CC(C)OC(=O)[C@H]1[C@@H]2C=C[C@@H]([C@@H]3C[C@@H]23)[C@@H]1C(=O)O. The first-order valence-electron chi connectivity index (χ1n) is 6.62. The third-order valence-electron chi connectivity index (χ3n) is 4.56. The van der Waals surface area contributed by atoms with Crippen molar-refractivity contribution in [2.45, 2.75) is 26.4 Å².